The predicted molar refractivity (Wildman–Crippen MR) is 242 cm³/mol. The fourth-order valence-corrected chi connectivity index (χ4v) is 6.85. The van der Waals surface area contributed by atoms with Crippen LogP contribution in [-0.2, 0) is 49.6 Å². The van der Waals surface area contributed by atoms with E-state index in [4.69, 9.17) is 22.9 Å². The molecule has 0 unspecified atom stereocenters. The standard InChI is InChI=1S/C44H71N9O13/c1-24(2)16-35(39(46)62)53-42(65)29(9-7-15-49-44(47)48)19-36(58)33(17-27-10-12-30(56)13-11-27)51-41(64)28(8-5-6-14-45)18-37(59)34(21-38(60)61)52-43(66)32(26(4)55)20-31(57)22-50-40(63)25(3)23-54/h10-13,24-26,28-29,32-35,54-56H,5-9,14-23,45H2,1-4H3,(H2,46,62)(H,50,63)(H,51,64)(H,52,66)(H,53,65)(H,60,61)(H4,47,48,49)/t25-,26+,28+,29+,32-,33-,34-,35-/m0/s1. The second-order valence-electron chi connectivity index (χ2n) is 17.0. The molecule has 0 aliphatic carbocycles. The number of ketones is 3. The number of amides is 5. The first kappa shape index (κ1) is 58.0. The number of hydrogen-bond donors (Lipinski definition) is 12. The Hall–Kier alpha value is -6.00. The number of aromatic hydroxyl groups is 1. The second kappa shape index (κ2) is 30.3. The largest absolute Gasteiger partial charge is 0.508 e. The molecule has 0 bridgehead atoms. The van der Waals surface area contributed by atoms with Crippen LogP contribution >= 0.6 is 0 Å². The average Bonchev–Trinajstić information content (AvgIpc) is 3.24. The van der Waals surface area contributed by atoms with Crippen molar-refractivity contribution in [1.82, 2.24) is 21.3 Å². The summed E-state index contributed by atoms with van der Waals surface area (Å²) in [5.74, 6) is -12.4. The molecule has 0 aliphatic rings. The zero-order chi connectivity index (χ0) is 50.1. The maximum Gasteiger partial charge on any atom is 0.305 e. The summed E-state index contributed by atoms with van der Waals surface area (Å²) < 4.78 is 0. The maximum atomic E-state index is 14.3. The van der Waals surface area contributed by atoms with Crippen LogP contribution in [0.4, 0.5) is 0 Å². The smallest absolute Gasteiger partial charge is 0.305 e. The summed E-state index contributed by atoms with van der Waals surface area (Å²) in [5, 5.41) is 49.2. The maximum absolute atomic E-state index is 14.3. The van der Waals surface area contributed by atoms with Crippen LogP contribution in [0.25, 0.3) is 0 Å². The van der Waals surface area contributed by atoms with Gasteiger partial charge in [0.25, 0.3) is 0 Å². The number of unbranched alkanes of at least 4 members (excludes halogenated alkanes) is 1. The zero-order valence-electron chi connectivity index (χ0n) is 38.3. The van der Waals surface area contributed by atoms with Crippen LogP contribution in [0, 0.1) is 29.6 Å². The van der Waals surface area contributed by atoms with Crippen molar-refractivity contribution in [3.8, 4) is 5.75 Å². The van der Waals surface area contributed by atoms with Crippen molar-refractivity contribution >= 4 is 58.8 Å². The van der Waals surface area contributed by atoms with Gasteiger partial charge in [0.2, 0.25) is 29.5 Å². The number of benzene rings is 1. The van der Waals surface area contributed by atoms with E-state index in [9.17, 15) is 63.6 Å². The molecule has 0 saturated heterocycles. The summed E-state index contributed by atoms with van der Waals surface area (Å²) in [5.41, 5.74) is 22.7. The van der Waals surface area contributed by atoms with E-state index >= 15 is 0 Å². The number of aliphatic hydroxyl groups excluding tert-OH is 2. The summed E-state index contributed by atoms with van der Waals surface area (Å²) in [7, 11) is 0. The third-order valence-electron chi connectivity index (χ3n) is 10.7. The number of hydrogen-bond acceptors (Lipinski definition) is 14. The van der Waals surface area contributed by atoms with Crippen molar-refractivity contribution in [3.63, 3.8) is 0 Å². The number of aliphatic hydroxyl groups is 2. The molecular formula is C44H71N9O13. The molecular weight excluding hydrogens is 863 g/mol. The molecule has 0 spiro atoms. The number of rotatable bonds is 34. The highest BCUT2D eigenvalue weighted by atomic mass is 16.4. The molecule has 22 heteroatoms. The number of carbonyl (C=O) groups excluding carboxylic acids is 8. The highest BCUT2D eigenvalue weighted by Crippen LogP contribution is 2.21. The number of nitrogens with one attached hydrogen (secondary N) is 4. The normalized spacial score (nSPS) is 14.8. The minimum absolute atomic E-state index is 0.0266. The number of aliphatic imine (C=N–C) groups is 1. The van der Waals surface area contributed by atoms with Gasteiger partial charge in [0.15, 0.2) is 23.3 Å². The Kier molecular flexibility index (Phi) is 26.6. The molecule has 0 aliphatic heterocycles. The third-order valence-corrected chi connectivity index (χ3v) is 10.7. The van der Waals surface area contributed by atoms with Crippen LogP contribution in [0.2, 0.25) is 0 Å². The van der Waals surface area contributed by atoms with E-state index in [-0.39, 0.29) is 62.8 Å². The highest BCUT2D eigenvalue weighted by molar-refractivity contribution is 5.98. The quantitative estimate of drug-likeness (QED) is 0.0211. The van der Waals surface area contributed by atoms with E-state index in [0.29, 0.717) is 18.4 Å². The molecule has 22 nitrogen and oxygen atoms in total. The van der Waals surface area contributed by atoms with Crippen LogP contribution in [0.15, 0.2) is 29.3 Å². The summed E-state index contributed by atoms with van der Waals surface area (Å²) >= 11 is 0. The van der Waals surface area contributed by atoms with Crippen molar-refractivity contribution in [3.05, 3.63) is 29.8 Å². The Morgan fingerprint density at radius 2 is 1.24 bits per heavy atom. The number of guanidine groups is 1. The number of aliphatic carboxylic acids is 1. The number of carboxylic acid groups (broad SMARTS) is 1. The van der Waals surface area contributed by atoms with Crippen molar-refractivity contribution in [2.24, 2.45) is 57.5 Å². The van der Waals surface area contributed by atoms with Gasteiger partial charge in [-0.05, 0) is 75.6 Å². The summed E-state index contributed by atoms with van der Waals surface area (Å²) in [4.78, 5) is 122. The number of primary amides is 1. The Morgan fingerprint density at radius 1 is 0.697 bits per heavy atom. The zero-order valence-corrected chi connectivity index (χ0v) is 38.3. The van der Waals surface area contributed by atoms with Gasteiger partial charge >= 0.3 is 5.97 Å². The molecule has 16 N–H and O–H groups in total. The van der Waals surface area contributed by atoms with Gasteiger partial charge in [0, 0.05) is 37.6 Å². The van der Waals surface area contributed by atoms with Crippen LogP contribution in [0.1, 0.15) is 97.5 Å². The van der Waals surface area contributed by atoms with Gasteiger partial charge in [-0.1, -0.05) is 39.3 Å². The molecule has 0 heterocycles. The second-order valence-corrected chi connectivity index (χ2v) is 17.0. The van der Waals surface area contributed by atoms with Crippen molar-refractivity contribution in [2.75, 3.05) is 26.2 Å². The van der Waals surface area contributed by atoms with Crippen LogP contribution < -0.4 is 44.2 Å². The number of phenols is 1. The Morgan fingerprint density at radius 3 is 1.74 bits per heavy atom. The minimum atomic E-state index is -1.73. The minimum Gasteiger partial charge on any atom is -0.508 e. The molecule has 370 valence electrons. The number of nitrogens with zero attached hydrogens (tertiary/aromatic N) is 1. The molecule has 1 aromatic carbocycles. The number of Topliss-reactive ketones (excluding diaryl/α,β-unsaturated/α-hetero) is 3. The monoisotopic (exact) mass is 934 g/mol. The summed E-state index contributed by atoms with van der Waals surface area (Å²) in [6.45, 7) is 5.63. The Balaban J connectivity index is 3.52. The molecule has 1 aromatic rings. The Labute approximate surface area is 384 Å². The number of nitrogens with two attached hydrogens (primary N) is 4. The van der Waals surface area contributed by atoms with Gasteiger partial charge in [-0.15, -0.1) is 0 Å². The fraction of sp³-hybridized carbons (Fsp3) is 0.636. The van der Waals surface area contributed by atoms with E-state index < -0.39 is 140 Å². The van der Waals surface area contributed by atoms with Gasteiger partial charge in [0.1, 0.15) is 11.8 Å². The van der Waals surface area contributed by atoms with E-state index in [2.05, 4.69) is 26.3 Å². The van der Waals surface area contributed by atoms with E-state index in [1.807, 2.05) is 13.8 Å². The first-order chi connectivity index (χ1) is 31.0. The summed E-state index contributed by atoms with van der Waals surface area (Å²) in [6, 6.07) is 1.70. The topological polar surface area (TPSA) is 399 Å². The fourth-order valence-electron chi connectivity index (χ4n) is 6.85. The van der Waals surface area contributed by atoms with Gasteiger partial charge in [-0.25, -0.2) is 0 Å². The number of phenolic OH excluding ortho intramolecular Hbond substituents is 1. The highest BCUT2D eigenvalue weighted by Gasteiger charge is 2.35. The predicted octanol–water partition coefficient (Wildman–Crippen LogP) is -1.57. The summed E-state index contributed by atoms with van der Waals surface area (Å²) in [6.07, 6.45) is -2.85. The van der Waals surface area contributed by atoms with Crippen LogP contribution in [0.3, 0.4) is 0 Å². The van der Waals surface area contributed by atoms with Crippen LogP contribution in [-0.4, -0.2) is 130 Å². The van der Waals surface area contributed by atoms with Gasteiger partial charge in [-0.2, -0.15) is 0 Å². The average molecular weight is 934 g/mol. The molecule has 5 amide bonds. The van der Waals surface area contributed by atoms with Crippen molar-refractivity contribution in [2.45, 2.75) is 123 Å². The van der Waals surface area contributed by atoms with E-state index in [0.717, 1.165) is 0 Å². The third kappa shape index (κ3) is 22.8. The van der Waals surface area contributed by atoms with E-state index in [1.54, 1.807) is 0 Å². The molecule has 0 radical (unpaired) electrons. The molecule has 66 heavy (non-hydrogen) atoms. The van der Waals surface area contributed by atoms with Gasteiger partial charge < -0.3 is 64.6 Å². The number of carbonyl (C=O) groups is 9. The van der Waals surface area contributed by atoms with Gasteiger partial charge in [0.05, 0.1) is 49.6 Å². The van der Waals surface area contributed by atoms with Crippen molar-refractivity contribution < 1.29 is 63.6 Å². The Bertz CT molecular complexity index is 1820. The lowest BCUT2D eigenvalue weighted by Crippen LogP contribution is -2.50. The van der Waals surface area contributed by atoms with Crippen LogP contribution in [0.5, 0.6) is 5.75 Å². The van der Waals surface area contributed by atoms with E-state index in [1.165, 1.54) is 38.1 Å². The lowest BCUT2D eigenvalue weighted by atomic mass is 9.88. The first-order valence-corrected chi connectivity index (χ1v) is 22.1. The molecule has 0 aromatic heterocycles. The molecule has 0 saturated carbocycles. The molecule has 8 atom stereocenters. The SMILES string of the molecule is CC(C)C[C@H](NC(=O)[C@H](CCCN=C(N)N)CC(=O)[C@H](Cc1ccc(O)cc1)NC(=O)[C@H](CCCCN)CC(=O)[C@H](CC(=O)O)NC(=O)[C@@H](CC(=O)CNC(=O)[C@@H](C)CO)[C@@H](C)O)C(N)=O. The molecule has 0 fully saturated rings. The van der Waals surface area contributed by atoms with Crippen molar-refractivity contribution in [1.29, 1.82) is 0 Å². The lowest BCUT2D eigenvalue weighted by molar-refractivity contribution is -0.142. The number of carboxylic acids is 1. The molecule has 1 rings (SSSR count). The lowest BCUT2D eigenvalue weighted by Gasteiger charge is -2.26. The first-order valence-electron chi connectivity index (χ1n) is 22.1. The van der Waals surface area contributed by atoms with Gasteiger partial charge in [-0.3, -0.25) is 48.1 Å².